The Bertz CT molecular complexity index is 434. The van der Waals surface area contributed by atoms with Crippen molar-refractivity contribution in [1.29, 1.82) is 0 Å². The van der Waals surface area contributed by atoms with Crippen molar-refractivity contribution in [3.63, 3.8) is 0 Å². The molecule has 0 radical (unpaired) electrons. The van der Waals surface area contributed by atoms with E-state index in [1.807, 2.05) is 0 Å². The summed E-state index contributed by atoms with van der Waals surface area (Å²) in [4.78, 5) is 11.9. The molecule has 0 atom stereocenters. The zero-order valence-electron chi connectivity index (χ0n) is 7.74. The Balaban J connectivity index is 3.15. The highest BCUT2D eigenvalue weighted by molar-refractivity contribution is 5.41. The molecule has 0 spiro atoms. The fourth-order valence-electron chi connectivity index (χ4n) is 0.949. The molecule has 1 heterocycles. The highest BCUT2D eigenvalue weighted by Crippen LogP contribution is 2.31. The van der Waals surface area contributed by atoms with Crippen molar-refractivity contribution in [2.45, 2.75) is 12.8 Å². The second-order valence-electron chi connectivity index (χ2n) is 2.68. The summed E-state index contributed by atoms with van der Waals surface area (Å²) in [6.45, 7) is 0. The van der Waals surface area contributed by atoms with Gasteiger partial charge in [0, 0.05) is 0 Å². The van der Waals surface area contributed by atoms with Crippen LogP contribution in [0.2, 0.25) is 0 Å². The number of nitrogens with zero attached hydrogens (tertiary/aromatic N) is 2. The van der Waals surface area contributed by atoms with Gasteiger partial charge in [-0.05, 0) is 0 Å². The second-order valence-corrected chi connectivity index (χ2v) is 2.68. The monoisotopic (exact) mass is 258 g/mol. The first-order valence-corrected chi connectivity index (χ1v) is 3.89. The summed E-state index contributed by atoms with van der Waals surface area (Å²) in [5.41, 5.74) is -2.45. The van der Waals surface area contributed by atoms with E-state index in [9.17, 15) is 32.1 Å². The van der Waals surface area contributed by atoms with E-state index in [0.717, 1.165) is 0 Å². The average Bonchev–Trinajstić information content (AvgIpc) is 2.14. The van der Waals surface area contributed by atoms with Crippen molar-refractivity contribution >= 4 is 5.69 Å². The minimum absolute atomic E-state index is 0.238. The maximum Gasteiger partial charge on any atom is 0.573 e. The number of aromatic nitrogens is 1. The molecular formula is C7H3F5N2O3. The molecule has 1 rings (SSSR count). The highest BCUT2D eigenvalue weighted by Gasteiger charge is 2.33. The van der Waals surface area contributed by atoms with Crippen LogP contribution in [0.1, 0.15) is 12.1 Å². The van der Waals surface area contributed by atoms with Gasteiger partial charge >= 0.3 is 6.36 Å². The van der Waals surface area contributed by atoms with Crippen molar-refractivity contribution in [3.8, 4) is 5.75 Å². The molecule has 0 fully saturated rings. The standard InChI is InChI=1S/C7H3F5N2O3/c8-6(9)5-4(14(15)16)1-3(2-13-5)17-7(10,11)12/h1-2,6H. The van der Waals surface area contributed by atoms with Crippen LogP contribution < -0.4 is 4.74 Å². The van der Waals surface area contributed by atoms with Gasteiger partial charge in [0.1, 0.15) is 0 Å². The van der Waals surface area contributed by atoms with E-state index in [1.54, 1.807) is 0 Å². The molecule has 0 aliphatic rings. The number of hydrogen-bond acceptors (Lipinski definition) is 4. The minimum Gasteiger partial charge on any atom is -0.404 e. The van der Waals surface area contributed by atoms with Crippen LogP contribution in [0, 0.1) is 10.1 Å². The van der Waals surface area contributed by atoms with Gasteiger partial charge in [-0.2, -0.15) is 0 Å². The average molecular weight is 258 g/mol. The lowest BCUT2D eigenvalue weighted by Crippen LogP contribution is -2.17. The van der Waals surface area contributed by atoms with Crippen LogP contribution in [0.3, 0.4) is 0 Å². The Labute approximate surface area is 90.0 Å². The van der Waals surface area contributed by atoms with Crippen molar-refractivity contribution < 1.29 is 31.6 Å². The highest BCUT2D eigenvalue weighted by atomic mass is 19.4. The van der Waals surface area contributed by atoms with Crippen molar-refractivity contribution in [3.05, 3.63) is 28.1 Å². The number of rotatable bonds is 3. The number of nitro groups is 1. The van der Waals surface area contributed by atoms with Crippen LogP contribution >= 0.6 is 0 Å². The molecular weight excluding hydrogens is 255 g/mol. The molecule has 1 aromatic rings. The molecule has 5 nitrogen and oxygen atoms in total. The molecule has 0 N–H and O–H groups in total. The van der Waals surface area contributed by atoms with Crippen molar-refractivity contribution in [2.75, 3.05) is 0 Å². The molecule has 0 unspecified atom stereocenters. The van der Waals surface area contributed by atoms with Crippen LogP contribution in [-0.2, 0) is 0 Å². The zero-order chi connectivity index (χ0) is 13.2. The maximum atomic E-state index is 12.2. The first-order chi connectivity index (χ1) is 7.70. The first kappa shape index (κ1) is 13.1. The van der Waals surface area contributed by atoms with E-state index in [1.165, 1.54) is 0 Å². The molecule has 0 saturated heterocycles. The van der Waals surface area contributed by atoms with Gasteiger partial charge in [0.15, 0.2) is 11.4 Å². The minimum atomic E-state index is -5.08. The van der Waals surface area contributed by atoms with Gasteiger partial charge in [-0.25, -0.2) is 13.8 Å². The largest absolute Gasteiger partial charge is 0.573 e. The lowest BCUT2D eigenvalue weighted by molar-refractivity contribution is -0.386. The van der Waals surface area contributed by atoms with Crippen LogP contribution in [0.4, 0.5) is 27.6 Å². The summed E-state index contributed by atoms with van der Waals surface area (Å²) in [5.74, 6) is -1.03. The molecule has 17 heavy (non-hydrogen) atoms. The maximum absolute atomic E-state index is 12.2. The Kier molecular flexibility index (Phi) is 3.44. The zero-order valence-corrected chi connectivity index (χ0v) is 7.74. The number of pyridine rings is 1. The van der Waals surface area contributed by atoms with Gasteiger partial charge in [-0.3, -0.25) is 10.1 Å². The summed E-state index contributed by atoms with van der Waals surface area (Å²) >= 11 is 0. The fourth-order valence-corrected chi connectivity index (χ4v) is 0.949. The number of alkyl halides is 5. The summed E-state index contributed by atoms with van der Waals surface area (Å²) in [6, 6.07) is 0.238. The van der Waals surface area contributed by atoms with Crippen LogP contribution in [0.25, 0.3) is 0 Å². The van der Waals surface area contributed by atoms with Gasteiger partial charge < -0.3 is 4.74 Å². The summed E-state index contributed by atoms with van der Waals surface area (Å²) in [5, 5.41) is 10.3. The van der Waals surface area contributed by atoms with E-state index in [2.05, 4.69) is 9.72 Å². The van der Waals surface area contributed by atoms with Gasteiger partial charge in [-0.1, -0.05) is 0 Å². The molecule has 94 valence electrons. The van der Waals surface area contributed by atoms with E-state index in [-0.39, 0.29) is 6.07 Å². The molecule has 1 aromatic heterocycles. The van der Waals surface area contributed by atoms with Crippen molar-refractivity contribution in [2.24, 2.45) is 0 Å². The predicted molar refractivity (Wildman–Crippen MR) is 42.5 cm³/mol. The molecule has 0 aliphatic heterocycles. The number of hydrogen-bond donors (Lipinski definition) is 0. The van der Waals surface area contributed by atoms with Crippen LogP contribution in [0.5, 0.6) is 5.75 Å². The van der Waals surface area contributed by atoms with Crippen molar-refractivity contribution in [1.82, 2.24) is 4.98 Å². The SMILES string of the molecule is O=[N+]([O-])c1cc(OC(F)(F)F)cnc1C(F)F. The van der Waals surface area contributed by atoms with Crippen LogP contribution in [-0.4, -0.2) is 16.3 Å². The fraction of sp³-hybridized carbons (Fsp3) is 0.286. The Morgan fingerprint density at radius 3 is 2.41 bits per heavy atom. The second kappa shape index (κ2) is 4.47. The molecule has 0 amide bonds. The lowest BCUT2D eigenvalue weighted by atomic mass is 10.3. The number of halogens is 5. The number of ether oxygens (including phenoxy) is 1. The Hall–Kier alpha value is -2.00. The third kappa shape index (κ3) is 3.50. The molecule has 0 saturated carbocycles. The van der Waals surface area contributed by atoms with Gasteiger partial charge in [0.2, 0.25) is 0 Å². The lowest BCUT2D eigenvalue weighted by Gasteiger charge is -2.08. The molecule has 10 heteroatoms. The normalized spacial score (nSPS) is 11.6. The van der Waals surface area contributed by atoms with Crippen LogP contribution in [0.15, 0.2) is 12.3 Å². The summed E-state index contributed by atoms with van der Waals surface area (Å²) < 4.78 is 63.1. The molecule has 0 bridgehead atoms. The third-order valence-electron chi connectivity index (χ3n) is 1.51. The summed E-state index contributed by atoms with van der Waals surface area (Å²) in [6.07, 6.45) is -8.01. The Morgan fingerprint density at radius 1 is 1.41 bits per heavy atom. The summed E-state index contributed by atoms with van der Waals surface area (Å²) in [7, 11) is 0. The van der Waals surface area contributed by atoms with E-state index in [0.29, 0.717) is 6.20 Å². The Morgan fingerprint density at radius 2 is 2.00 bits per heavy atom. The van der Waals surface area contributed by atoms with Gasteiger partial charge in [0.05, 0.1) is 17.2 Å². The van der Waals surface area contributed by atoms with E-state index < -0.39 is 34.8 Å². The van der Waals surface area contributed by atoms with E-state index >= 15 is 0 Å². The first-order valence-electron chi connectivity index (χ1n) is 3.89. The van der Waals surface area contributed by atoms with E-state index in [4.69, 9.17) is 0 Å². The molecule has 0 aliphatic carbocycles. The topological polar surface area (TPSA) is 65.3 Å². The third-order valence-corrected chi connectivity index (χ3v) is 1.51. The smallest absolute Gasteiger partial charge is 0.404 e. The predicted octanol–water partition coefficient (Wildman–Crippen LogP) is 2.83. The molecule has 0 aromatic carbocycles. The quantitative estimate of drug-likeness (QED) is 0.475. The van der Waals surface area contributed by atoms with Gasteiger partial charge in [-0.15, -0.1) is 13.2 Å². The van der Waals surface area contributed by atoms with Gasteiger partial charge in [0.25, 0.3) is 12.1 Å².